The minimum absolute atomic E-state index is 0.124. The minimum atomic E-state index is -0.129. The van der Waals surface area contributed by atoms with Gasteiger partial charge in [-0.05, 0) is 52.8 Å². The van der Waals surface area contributed by atoms with Crippen LogP contribution in [-0.2, 0) is 0 Å². The van der Waals surface area contributed by atoms with E-state index in [0.717, 1.165) is 9.26 Å². The van der Waals surface area contributed by atoms with E-state index in [2.05, 4.69) is 47.1 Å². The maximum atomic E-state index is 12.7. The maximum absolute atomic E-state index is 12.7. The van der Waals surface area contributed by atoms with Crippen molar-refractivity contribution < 1.29 is 14.3 Å². The van der Waals surface area contributed by atoms with Crippen molar-refractivity contribution in [1.29, 1.82) is 0 Å². The molecule has 6 heteroatoms. The third kappa shape index (κ3) is 5.27. The molecule has 26 heavy (non-hydrogen) atoms. The van der Waals surface area contributed by atoms with Gasteiger partial charge in [-0.3, -0.25) is 4.79 Å². The summed E-state index contributed by atoms with van der Waals surface area (Å²) in [5.41, 5.74) is 1.62. The lowest BCUT2D eigenvalue weighted by molar-refractivity contribution is 0.0949. The van der Waals surface area contributed by atoms with Crippen molar-refractivity contribution in [2.75, 3.05) is 26.1 Å². The second kappa shape index (κ2) is 9.66. The molecule has 2 rings (SSSR count). The SMILES string of the molecule is COc1cc(I)c(C(=O)NCC(Nc2ccccc2)C(C)C)cc1OC. The van der Waals surface area contributed by atoms with E-state index in [0.29, 0.717) is 29.5 Å². The van der Waals surface area contributed by atoms with Crippen LogP contribution in [0.15, 0.2) is 42.5 Å². The van der Waals surface area contributed by atoms with Crippen LogP contribution in [0.5, 0.6) is 11.5 Å². The van der Waals surface area contributed by atoms with Crippen molar-refractivity contribution in [3.05, 3.63) is 51.6 Å². The highest BCUT2D eigenvalue weighted by molar-refractivity contribution is 14.1. The van der Waals surface area contributed by atoms with Crippen molar-refractivity contribution in [1.82, 2.24) is 5.32 Å². The van der Waals surface area contributed by atoms with Crippen LogP contribution in [0.25, 0.3) is 0 Å². The number of carbonyl (C=O) groups excluding carboxylic acids is 1. The Bertz CT molecular complexity index is 735. The quantitative estimate of drug-likeness (QED) is 0.571. The van der Waals surface area contributed by atoms with Crippen molar-refractivity contribution in [3.8, 4) is 11.5 Å². The zero-order valence-electron chi connectivity index (χ0n) is 15.5. The first-order valence-electron chi connectivity index (χ1n) is 8.47. The molecule has 5 nitrogen and oxygen atoms in total. The van der Waals surface area contributed by atoms with Gasteiger partial charge in [0, 0.05) is 21.8 Å². The normalized spacial score (nSPS) is 11.8. The largest absolute Gasteiger partial charge is 0.493 e. The zero-order valence-corrected chi connectivity index (χ0v) is 17.7. The van der Waals surface area contributed by atoms with Gasteiger partial charge in [0.25, 0.3) is 5.91 Å². The van der Waals surface area contributed by atoms with Crippen molar-refractivity contribution in [2.45, 2.75) is 19.9 Å². The van der Waals surface area contributed by atoms with Gasteiger partial charge in [0.05, 0.1) is 19.8 Å². The number of anilines is 1. The van der Waals surface area contributed by atoms with Gasteiger partial charge in [0.15, 0.2) is 11.5 Å². The molecule has 0 aromatic heterocycles. The molecule has 140 valence electrons. The molecule has 0 aliphatic rings. The summed E-state index contributed by atoms with van der Waals surface area (Å²) in [5, 5.41) is 6.51. The van der Waals surface area contributed by atoms with E-state index in [1.165, 1.54) is 0 Å². The molecule has 0 aliphatic heterocycles. The number of hydrogen-bond donors (Lipinski definition) is 2. The molecule has 0 saturated heterocycles. The van der Waals surface area contributed by atoms with Gasteiger partial charge in [-0.25, -0.2) is 0 Å². The number of benzene rings is 2. The van der Waals surface area contributed by atoms with Crippen LogP contribution in [0.2, 0.25) is 0 Å². The van der Waals surface area contributed by atoms with Crippen LogP contribution in [0, 0.1) is 9.49 Å². The van der Waals surface area contributed by atoms with Gasteiger partial charge in [-0.15, -0.1) is 0 Å². The zero-order chi connectivity index (χ0) is 19.1. The summed E-state index contributed by atoms with van der Waals surface area (Å²) >= 11 is 2.13. The number of para-hydroxylation sites is 1. The highest BCUT2D eigenvalue weighted by atomic mass is 127. The Balaban J connectivity index is 2.08. The summed E-state index contributed by atoms with van der Waals surface area (Å²) in [6.07, 6.45) is 0. The highest BCUT2D eigenvalue weighted by Crippen LogP contribution is 2.31. The summed E-state index contributed by atoms with van der Waals surface area (Å²) in [6.45, 7) is 4.79. The molecule has 0 spiro atoms. The lowest BCUT2D eigenvalue weighted by atomic mass is 10.0. The second-order valence-electron chi connectivity index (χ2n) is 6.26. The molecule has 2 aromatic rings. The monoisotopic (exact) mass is 468 g/mol. The number of methoxy groups -OCH3 is 2. The van der Waals surface area contributed by atoms with Crippen LogP contribution in [0.1, 0.15) is 24.2 Å². The Labute approximate surface area is 168 Å². The summed E-state index contributed by atoms with van der Waals surface area (Å²) in [7, 11) is 3.14. The molecule has 0 heterocycles. The molecule has 1 amide bonds. The van der Waals surface area contributed by atoms with E-state index in [4.69, 9.17) is 9.47 Å². The van der Waals surface area contributed by atoms with Gasteiger partial charge >= 0.3 is 0 Å². The number of hydrogen-bond acceptors (Lipinski definition) is 4. The number of amides is 1. The van der Waals surface area contributed by atoms with Crippen molar-refractivity contribution in [3.63, 3.8) is 0 Å². The van der Waals surface area contributed by atoms with E-state index in [1.807, 2.05) is 30.3 Å². The Kier molecular flexibility index (Phi) is 7.56. The van der Waals surface area contributed by atoms with Crippen LogP contribution in [-0.4, -0.2) is 32.7 Å². The molecule has 0 aliphatic carbocycles. The van der Waals surface area contributed by atoms with E-state index in [-0.39, 0.29) is 11.9 Å². The number of halogens is 1. The van der Waals surface area contributed by atoms with Crippen LogP contribution >= 0.6 is 22.6 Å². The molecule has 0 saturated carbocycles. The van der Waals surface area contributed by atoms with E-state index < -0.39 is 0 Å². The topological polar surface area (TPSA) is 59.6 Å². The smallest absolute Gasteiger partial charge is 0.252 e. The Morgan fingerprint density at radius 2 is 1.69 bits per heavy atom. The standard InChI is InChI=1S/C20H25IN2O3/c1-13(2)17(23-14-8-6-5-7-9-14)12-22-20(24)15-10-18(25-3)19(26-4)11-16(15)21/h5-11,13,17,23H,12H2,1-4H3,(H,22,24). The molecule has 1 unspecified atom stereocenters. The number of ether oxygens (including phenoxy) is 2. The van der Waals surface area contributed by atoms with E-state index >= 15 is 0 Å². The predicted octanol–water partition coefficient (Wildman–Crippen LogP) is 4.17. The molecule has 1 atom stereocenters. The summed E-state index contributed by atoms with van der Waals surface area (Å²) in [4.78, 5) is 12.7. The van der Waals surface area contributed by atoms with Gasteiger partial charge in [-0.1, -0.05) is 32.0 Å². The summed E-state index contributed by atoms with van der Waals surface area (Å²) < 4.78 is 11.4. The Hall–Kier alpha value is -1.96. The predicted molar refractivity (Wildman–Crippen MR) is 113 cm³/mol. The number of carbonyl (C=O) groups is 1. The average molecular weight is 468 g/mol. The van der Waals surface area contributed by atoms with Gasteiger partial charge in [0.2, 0.25) is 0 Å². The number of nitrogens with one attached hydrogen (secondary N) is 2. The highest BCUT2D eigenvalue weighted by Gasteiger charge is 2.18. The Morgan fingerprint density at radius 3 is 2.27 bits per heavy atom. The molecule has 2 aromatic carbocycles. The maximum Gasteiger partial charge on any atom is 0.252 e. The molecular weight excluding hydrogens is 443 g/mol. The van der Waals surface area contributed by atoms with Crippen molar-refractivity contribution in [2.24, 2.45) is 5.92 Å². The fraction of sp³-hybridized carbons (Fsp3) is 0.350. The third-order valence-electron chi connectivity index (χ3n) is 4.13. The molecule has 0 bridgehead atoms. The van der Waals surface area contributed by atoms with Crippen LogP contribution in [0.4, 0.5) is 5.69 Å². The molecule has 0 radical (unpaired) electrons. The molecule has 2 N–H and O–H groups in total. The van der Waals surface area contributed by atoms with Crippen LogP contribution in [0.3, 0.4) is 0 Å². The lowest BCUT2D eigenvalue weighted by Crippen LogP contribution is -2.39. The van der Waals surface area contributed by atoms with E-state index in [9.17, 15) is 4.79 Å². The first-order valence-corrected chi connectivity index (χ1v) is 9.55. The first-order chi connectivity index (χ1) is 12.5. The number of rotatable bonds is 8. The molecular formula is C20H25IN2O3. The first kappa shape index (κ1) is 20.4. The fourth-order valence-corrected chi connectivity index (χ4v) is 3.21. The van der Waals surface area contributed by atoms with Crippen LogP contribution < -0.4 is 20.1 Å². The van der Waals surface area contributed by atoms with Gasteiger partial charge in [-0.2, -0.15) is 0 Å². The van der Waals surface area contributed by atoms with Gasteiger partial charge < -0.3 is 20.1 Å². The third-order valence-corrected chi connectivity index (χ3v) is 5.02. The average Bonchev–Trinajstić information content (AvgIpc) is 2.65. The Morgan fingerprint density at radius 1 is 1.08 bits per heavy atom. The summed E-state index contributed by atoms with van der Waals surface area (Å²) in [6, 6.07) is 13.6. The fourth-order valence-electron chi connectivity index (χ4n) is 2.53. The lowest BCUT2D eigenvalue weighted by Gasteiger charge is -2.24. The molecule has 0 fully saturated rings. The minimum Gasteiger partial charge on any atom is -0.493 e. The van der Waals surface area contributed by atoms with E-state index in [1.54, 1.807) is 26.4 Å². The van der Waals surface area contributed by atoms with Crippen molar-refractivity contribution >= 4 is 34.2 Å². The summed E-state index contributed by atoms with van der Waals surface area (Å²) in [5.74, 6) is 1.39. The van der Waals surface area contributed by atoms with Gasteiger partial charge in [0.1, 0.15) is 0 Å². The second-order valence-corrected chi connectivity index (χ2v) is 7.42.